The van der Waals surface area contributed by atoms with E-state index in [1.165, 1.54) is 0 Å². The first-order valence-electron chi connectivity index (χ1n) is 68.1. The molecule has 0 fully saturated rings. The largest absolute Gasteiger partial charge is 0.462 e. The zero-order chi connectivity index (χ0) is 139. The molecule has 0 saturated carbocycles. The van der Waals surface area contributed by atoms with E-state index in [-0.39, 0.29) is 0 Å². The van der Waals surface area contributed by atoms with Gasteiger partial charge in [-0.15, -0.1) is 0 Å². The van der Waals surface area contributed by atoms with Crippen molar-refractivity contribution in [3.63, 3.8) is 0 Å². The number of ether oxygens (including phenoxy) is 3. The van der Waals surface area contributed by atoms with Crippen molar-refractivity contribution in [1.82, 2.24) is 0 Å². The summed E-state index contributed by atoms with van der Waals surface area (Å²) < 4.78 is 889. The van der Waals surface area contributed by atoms with Gasteiger partial charge in [0, 0.05) is 163 Å². The number of rotatable bonds is 53. The molecule has 0 saturated heterocycles. The van der Waals surface area contributed by atoms with Gasteiger partial charge in [0.25, 0.3) is 0 Å². The first kappa shape index (κ1) is 8.19. The summed E-state index contributed by atoms with van der Waals surface area (Å²) in [6, 6.07) is 0. The number of carbonyl (C=O) groups is 3. The topological polar surface area (TPSA) is 78.9 Å². The van der Waals surface area contributed by atoms with Crippen LogP contribution in [-0.2, 0) is 28.6 Å². The molecule has 0 aliphatic carbocycles. The predicted octanol–water partition coefficient (Wildman–Crippen LogP) is 18.8. The van der Waals surface area contributed by atoms with E-state index in [1.54, 1.807) is 0 Å². The van der Waals surface area contributed by atoms with Crippen LogP contribution in [0.4, 0.5) is 0 Å². The van der Waals surface area contributed by atoms with Gasteiger partial charge < -0.3 is 14.2 Å². The van der Waals surface area contributed by atoms with Crippen molar-refractivity contribution >= 4 is 17.9 Å². The van der Waals surface area contributed by atoms with E-state index in [1.807, 2.05) is 0 Å². The lowest BCUT2D eigenvalue weighted by Crippen LogP contribution is -2.30. The summed E-state index contributed by atoms with van der Waals surface area (Å²) in [5.41, 5.74) is 0. The second-order valence-corrected chi connectivity index (χ2v) is 8.22. The van der Waals surface area contributed by atoms with Gasteiger partial charge in [-0.3, -0.25) is 14.4 Å². The van der Waals surface area contributed by atoms with E-state index in [9.17, 15) is 14.4 Å². The van der Waals surface area contributed by atoms with E-state index >= 15 is 0 Å². The molecular formula is C57H110O6. The monoisotopic (exact) mass is 996 g/mol. The van der Waals surface area contributed by atoms with E-state index in [4.69, 9.17) is 144 Å². The van der Waals surface area contributed by atoms with Crippen molar-refractivity contribution in [2.75, 3.05) is 13.2 Å². The highest BCUT2D eigenvalue weighted by Gasteiger charge is 2.19. The Morgan fingerprint density at radius 2 is 0.492 bits per heavy atom. The number of hydrogen-bond donors (Lipinski definition) is 0. The average Bonchev–Trinajstić information content (AvgIpc) is 0.672. The van der Waals surface area contributed by atoms with Crippen LogP contribution in [0.2, 0.25) is 0 Å². The minimum absolute atomic E-state index is 2.90. The van der Waals surface area contributed by atoms with Gasteiger partial charge in [-0.1, -0.05) is 288 Å². The standard InChI is InChI=1S/C57H110O6/c1-4-7-10-13-16-19-22-25-28-31-34-37-40-43-46-49-55(58)61-52-54(63-57(60)51-48-45-42-39-36-33-30-27-24-21-18-15-12-9-6-3)53-62-56(59)50-47-44-41-38-35-32-29-26-23-20-17-14-11-8-5-2/h54H,4-53H2,1-3H3/i1D3,2D3,3D3,4D2,5D2,6D2,7D2,8D2,9D2,10D2,11D2,12D2,13D2,14D2,15D2,16D2,17D2,18D2,19D2,20D2,21D2,22D2,23D2,24D2,25D2,26D2,27D2,28D2,29D2,30D2,31D2,32D2,33D2,34D2,35D2,36D2,37D2,38D2,39D2,40D2,41D2,42D2,43D2,44D2,45D2,46D2,47D2,48D2,49D2,50D2,51D2. The molecule has 374 valence electrons. The molecule has 0 rings (SSSR count). The Hall–Kier alpha value is -1.59. The van der Waals surface area contributed by atoms with Crippen LogP contribution in [0, 0.1) is 0 Å². The Bertz CT molecular complexity index is 5300. The van der Waals surface area contributed by atoms with E-state index < -0.39 is 364 Å². The van der Waals surface area contributed by atoms with Crippen LogP contribution in [0.1, 0.15) is 470 Å². The molecule has 0 bridgehead atoms. The molecule has 0 aliphatic rings. The van der Waals surface area contributed by atoms with Crippen molar-refractivity contribution in [3.05, 3.63) is 0 Å². The van der Waals surface area contributed by atoms with E-state index in [0.717, 1.165) is 0 Å². The van der Waals surface area contributed by atoms with E-state index in [0.29, 0.717) is 0 Å². The highest BCUT2D eigenvalue weighted by atomic mass is 16.6. The SMILES string of the molecule is [2H]C([2H])([2H])C([2H])([2H])C([2H])([2H])C([2H])([2H])C([2H])([2H])C([2H])([2H])C([2H])([2H])C([2H])([2H])C([2H])([2H])C([2H])([2H])C([2H])([2H])C([2H])([2H])C([2H])([2H])C([2H])([2H])C([2H])([2H])C([2H])([2H])C([2H])([2H])C(=O)OCC(COC(=O)C([2H])([2H])C([2H])([2H])C([2H])([2H])C([2H])([2H])C([2H])([2H])C([2H])([2H])C([2H])([2H])C([2H])([2H])C([2H])([2H])C([2H])([2H])C([2H])([2H])C([2H])([2H])C([2H])([2H])C([2H])([2H])C([2H])([2H])C([2H])([2H])C([2H])([2H])[2H])OC(=O)C([2H])([2H])C([2H])([2H])C([2H])([2H])C([2H])([2H])C([2H])([2H])C([2H])([2H])C([2H])([2H])C([2H])([2H])C([2H])([2H])C([2H])([2H])C([2H])([2H])C([2H])([2H])C([2H])([2H])C([2H])([2H])C([2H])([2H])C([2H])([2H])C([2H])([2H])[2H]. The van der Waals surface area contributed by atoms with Crippen molar-refractivity contribution in [3.8, 4) is 0 Å². The first-order valence-corrected chi connectivity index (χ1v) is 15.6. The van der Waals surface area contributed by atoms with Crippen molar-refractivity contribution in [2.24, 2.45) is 0 Å². The summed E-state index contributed by atoms with van der Waals surface area (Å²) in [7, 11) is 0. The fraction of sp³-hybridized carbons (Fsp3) is 0.947. The lowest BCUT2D eigenvalue weighted by Gasteiger charge is -2.18. The molecule has 0 aliphatic heterocycles. The molecule has 0 aromatic carbocycles. The number of carbonyl (C=O) groups excluding carboxylic acids is 3. The maximum Gasteiger partial charge on any atom is 0.306 e. The van der Waals surface area contributed by atoms with Crippen LogP contribution in [0.25, 0.3) is 0 Å². The Morgan fingerprint density at radius 1 is 0.302 bits per heavy atom. The van der Waals surface area contributed by atoms with Crippen LogP contribution < -0.4 is 0 Å². The summed E-state index contributed by atoms with van der Waals surface area (Å²) in [5.74, 6) is -10.7. The highest BCUT2D eigenvalue weighted by Crippen LogP contribution is 2.17. The smallest absolute Gasteiger partial charge is 0.306 e. The molecule has 0 aromatic rings. The summed E-state index contributed by atoms with van der Waals surface area (Å²) in [6.07, 6.45) is -272. The van der Waals surface area contributed by atoms with Gasteiger partial charge >= 0.3 is 17.9 Å². The van der Waals surface area contributed by atoms with Crippen molar-refractivity contribution in [2.45, 2.75) is 333 Å². The maximum atomic E-state index is 14.5. The first-order chi connectivity index (χ1) is 70.5. The summed E-state index contributed by atoms with van der Waals surface area (Å²) >= 11 is 0. The van der Waals surface area contributed by atoms with Gasteiger partial charge in [0.15, 0.2) is 6.10 Å². The van der Waals surface area contributed by atoms with Gasteiger partial charge in [0.1, 0.15) is 13.2 Å². The van der Waals surface area contributed by atoms with Crippen LogP contribution in [0.3, 0.4) is 0 Å². The molecule has 0 heterocycles. The third kappa shape index (κ3) is 51.3. The fourth-order valence-electron chi connectivity index (χ4n) is 2.17. The third-order valence-electron chi connectivity index (χ3n) is 4.19. The second-order valence-electron chi connectivity index (χ2n) is 8.22. The quantitative estimate of drug-likeness (QED) is 0.0446. The normalized spacial score (nSPS) is 47.7. The molecule has 0 N–H and O–H groups in total. The number of hydrogen-bond acceptors (Lipinski definition) is 6. The minimum atomic E-state index is -5.92. The lowest BCUT2D eigenvalue weighted by atomic mass is 10.0. The van der Waals surface area contributed by atoms with Gasteiger partial charge in [0.05, 0.1) is 0 Å². The van der Waals surface area contributed by atoms with Gasteiger partial charge in [-0.05, 0) is 19.1 Å². The van der Waals surface area contributed by atoms with Crippen LogP contribution >= 0.6 is 0 Å². The highest BCUT2D eigenvalue weighted by molar-refractivity contribution is 5.71. The molecule has 6 heteroatoms. The van der Waals surface area contributed by atoms with Crippen LogP contribution in [0.5, 0.6) is 0 Å². The fourth-order valence-corrected chi connectivity index (χ4v) is 2.17. The summed E-state index contributed by atoms with van der Waals surface area (Å²) in [6.45, 7) is -19.1. The molecule has 6 nitrogen and oxygen atoms in total. The Kier molecular flexibility index (Phi) is 6.89. The van der Waals surface area contributed by atoms with Crippen LogP contribution in [0.15, 0.2) is 0 Å². The van der Waals surface area contributed by atoms with E-state index in [2.05, 4.69) is 14.2 Å². The van der Waals surface area contributed by atoms with Crippen molar-refractivity contribution < 1.29 is 173 Å². The molecule has 0 amide bonds. The number of esters is 3. The molecule has 63 heavy (non-hydrogen) atoms. The average molecular weight is 997 g/mol. The molecule has 0 aromatic heterocycles. The molecule has 0 atom stereocenters. The second kappa shape index (κ2) is 53.0. The maximum absolute atomic E-state index is 14.5. The molecular weight excluding hydrogens is 781 g/mol. The zero-order valence-electron chi connectivity index (χ0n) is 136. The van der Waals surface area contributed by atoms with Crippen LogP contribution in [-0.4, -0.2) is 37.2 Å². The molecule has 0 radical (unpaired) electrons. The Labute approximate surface area is 541 Å². The minimum Gasteiger partial charge on any atom is -0.462 e. The van der Waals surface area contributed by atoms with Gasteiger partial charge in [-0.25, -0.2) is 0 Å². The zero-order valence-corrected chi connectivity index (χ0v) is 31.4. The van der Waals surface area contributed by atoms with Crippen molar-refractivity contribution in [1.29, 1.82) is 0 Å². The van der Waals surface area contributed by atoms with Gasteiger partial charge in [-0.2, -0.15) is 0 Å². The third-order valence-corrected chi connectivity index (χ3v) is 4.19. The Balaban J connectivity index is 9.74. The summed E-state index contributed by atoms with van der Waals surface area (Å²) in [4.78, 5) is 43.1. The lowest BCUT2D eigenvalue weighted by molar-refractivity contribution is -0.167. The predicted molar refractivity (Wildman–Crippen MR) is 270 cm³/mol. The summed E-state index contributed by atoms with van der Waals surface area (Å²) in [5, 5.41) is 0. The molecule has 0 unspecified atom stereocenters. The Morgan fingerprint density at radius 3 is 0.714 bits per heavy atom. The van der Waals surface area contributed by atoms with Gasteiger partial charge in [0.2, 0.25) is 0 Å². The molecule has 0 spiro atoms.